The molecule has 0 saturated carbocycles. The summed E-state index contributed by atoms with van der Waals surface area (Å²) < 4.78 is 11.2. The van der Waals surface area contributed by atoms with E-state index in [1.165, 1.54) is 10.5 Å². The van der Waals surface area contributed by atoms with Crippen LogP contribution in [0.3, 0.4) is 0 Å². The smallest absolute Gasteiger partial charge is 0.188 e. The number of aromatic nitrogens is 4. The summed E-state index contributed by atoms with van der Waals surface area (Å²) in [6.07, 6.45) is 2.05. The Bertz CT molecular complexity index is 575. The van der Waals surface area contributed by atoms with E-state index in [2.05, 4.69) is 25.9 Å². The van der Waals surface area contributed by atoms with Gasteiger partial charge < -0.3 is 14.8 Å². The van der Waals surface area contributed by atoms with Crippen molar-refractivity contribution in [2.75, 3.05) is 19.5 Å². The van der Waals surface area contributed by atoms with E-state index >= 15 is 0 Å². The molecular formula is C12H15N5O2S. The summed E-state index contributed by atoms with van der Waals surface area (Å²) in [5.74, 6) is 2.28. The molecule has 1 aromatic heterocycles. The number of rotatable bonds is 5. The fraction of sp³-hybridized carbons (Fsp3) is 0.417. The highest BCUT2D eigenvalue weighted by atomic mass is 32.2. The topological polar surface area (TPSA) is 85.0 Å². The second-order valence-corrected chi connectivity index (χ2v) is 5.09. The number of hydrogen-bond acceptors (Lipinski definition) is 7. The van der Waals surface area contributed by atoms with Crippen molar-refractivity contribution in [3.8, 4) is 11.5 Å². The van der Waals surface area contributed by atoms with Crippen LogP contribution in [0.25, 0.3) is 0 Å². The second-order valence-electron chi connectivity index (χ2n) is 4.24. The van der Waals surface area contributed by atoms with Gasteiger partial charge in [0.2, 0.25) is 0 Å². The van der Waals surface area contributed by atoms with Crippen LogP contribution in [0.2, 0.25) is 0 Å². The Hall–Kier alpha value is -1.80. The Labute approximate surface area is 120 Å². The molecule has 2 heterocycles. The molecule has 1 aliphatic heterocycles. The van der Waals surface area contributed by atoms with E-state index in [1.54, 1.807) is 11.8 Å². The van der Waals surface area contributed by atoms with Crippen molar-refractivity contribution in [1.29, 1.82) is 0 Å². The molecule has 2 N–H and O–H groups in total. The lowest BCUT2D eigenvalue weighted by Crippen LogP contribution is -2.17. The molecule has 0 bridgehead atoms. The summed E-state index contributed by atoms with van der Waals surface area (Å²) >= 11 is 1.69. The van der Waals surface area contributed by atoms with E-state index in [1.807, 2.05) is 18.4 Å². The molecule has 8 heteroatoms. The van der Waals surface area contributed by atoms with E-state index in [9.17, 15) is 0 Å². The van der Waals surface area contributed by atoms with Gasteiger partial charge in [0.15, 0.2) is 17.3 Å². The zero-order valence-electron chi connectivity index (χ0n) is 11.0. The fourth-order valence-corrected chi connectivity index (χ4v) is 2.62. The van der Waals surface area contributed by atoms with Gasteiger partial charge in [0.05, 0.1) is 6.54 Å². The molecule has 20 heavy (non-hydrogen) atoms. The molecule has 0 aliphatic carbocycles. The van der Waals surface area contributed by atoms with Gasteiger partial charge in [0.25, 0.3) is 0 Å². The molecular weight excluding hydrogens is 278 g/mol. The van der Waals surface area contributed by atoms with Gasteiger partial charge in [-0.2, -0.15) is 5.21 Å². The number of thioether (sulfide) groups is 1. The first-order valence-corrected chi connectivity index (χ1v) is 7.49. The zero-order valence-corrected chi connectivity index (χ0v) is 11.9. The van der Waals surface area contributed by atoms with Crippen molar-refractivity contribution in [3.05, 3.63) is 23.5 Å². The number of fused-ring (bicyclic) bond motifs is 1. The van der Waals surface area contributed by atoms with Crippen molar-refractivity contribution in [1.82, 2.24) is 25.9 Å². The number of nitrogens with one attached hydrogen (secondary N) is 2. The first-order chi connectivity index (χ1) is 9.86. The number of tetrazole rings is 1. The third kappa shape index (κ3) is 2.86. The predicted molar refractivity (Wildman–Crippen MR) is 73.9 cm³/mol. The molecule has 0 spiro atoms. The van der Waals surface area contributed by atoms with E-state index < -0.39 is 0 Å². The van der Waals surface area contributed by atoms with Gasteiger partial charge >= 0.3 is 0 Å². The molecule has 7 nitrogen and oxygen atoms in total. The zero-order chi connectivity index (χ0) is 13.8. The van der Waals surface area contributed by atoms with Gasteiger partial charge in [-0.25, -0.2) is 0 Å². The maximum absolute atomic E-state index is 5.61. The van der Waals surface area contributed by atoms with Crippen LogP contribution < -0.4 is 14.8 Å². The van der Waals surface area contributed by atoms with Gasteiger partial charge in [-0.1, -0.05) is 5.21 Å². The number of benzene rings is 1. The largest absolute Gasteiger partial charge is 0.486 e. The number of ether oxygens (including phenoxy) is 2. The molecule has 0 saturated heterocycles. The van der Waals surface area contributed by atoms with Crippen molar-refractivity contribution < 1.29 is 9.47 Å². The minimum absolute atomic E-state index is 0.568. The van der Waals surface area contributed by atoms with E-state index in [4.69, 9.17) is 9.47 Å². The summed E-state index contributed by atoms with van der Waals surface area (Å²) in [5, 5.41) is 17.0. The van der Waals surface area contributed by atoms with Crippen molar-refractivity contribution in [2.45, 2.75) is 18.0 Å². The summed E-state index contributed by atoms with van der Waals surface area (Å²) in [6, 6.07) is 4.06. The molecule has 106 valence electrons. The number of aromatic amines is 1. The van der Waals surface area contributed by atoms with Crippen molar-refractivity contribution in [2.24, 2.45) is 0 Å². The quantitative estimate of drug-likeness (QED) is 0.795. The Kier molecular flexibility index (Phi) is 4.03. The first-order valence-electron chi connectivity index (χ1n) is 6.26. The van der Waals surface area contributed by atoms with Gasteiger partial charge in [-0.05, 0) is 24.0 Å². The Balaban J connectivity index is 1.71. The Morgan fingerprint density at radius 3 is 2.75 bits per heavy atom. The molecule has 0 amide bonds. The standard InChI is InChI=1S/C12H15N5O2S/c1-20-11-5-10-9(18-2-3-19-10)4-8(11)6-13-7-12-14-16-17-15-12/h4-5,13H,2-3,6-7H2,1H3,(H,14,15,16,17). The molecule has 0 atom stereocenters. The normalized spacial score (nSPS) is 13.4. The molecule has 0 unspecified atom stereocenters. The highest BCUT2D eigenvalue weighted by Gasteiger charge is 2.15. The van der Waals surface area contributed by atoms with Crippen LogP contribution >= 0.6 is 11.8 Å². The summed E-state index contributed by atoms with van der Waals surface area (Å²) in [4.78, 5) is 1.18. The molecule has 2 aromatic rings. The molecule has 3 rings (SSSR count). The first kappa shape index (κ1) is 13.2. The molecule has 0 fully saturated rings. The Morgan fingerprint density at radius 2 is 2.05 bits per heavy atom. The minimum atomic E-state index is 0.568. The van der Waals surface area contributed by atoms with Crippen LogP contribution in [0.1, 0.15) is 11.4 Å². The number of hydrogen-bond donors (Lipinski definition) is 2. The summed E-state index contributed by atoms with van der Waals surface area (Å²) in [6.45, 7) is 2.48. The van der Waals surface area contributed by atoms with E-state index in [0.717, 1.165) is 11.5 Å². The van der Waals surface area contributed by atoms with Crippen LogP contribution in [0.15, 0.2) is 17.0 Å². The van der Waals surface area contributed by atoms with Crippen LogP contribution in [0.5, 0.6) is 11.5 Å². The minimum Gasteiger partial charge on any atom is -0.486 e. The Morgan fingerprint density at radius 1 is 1.25 bits per heavy atom. The average Bonchev–Trinajstić information content (AvgIpc) is 3.00. The van der Waals surface area contributed by atoms with Crippen molar-refractivity contribution in [3.63, 3.8) is 0 Å². The van der Waals surface area contributed by atoms with Crippen LogP contribution in [0, 0.1) is 0 Å². The van der Waals surface area contributed by atoms with Crippen LogP contribution in [-0.2, 0) is 13.1 Å². The lowest BCUT2D eigenvalue weighted by molar-refractivity contribution is 0.171. The van der Waals surface area contributed by atoms with E-state index in [0.29, 0.717) is 32.1 Å². The lowest BCUT2D eigenvalue weighted by atomic mass is 10.2. The van der Waals surface area contributed by atoms with Gasteiger partial charge in [0.1, 0.15) is 13.2 Å². The maximum Gasteiger partial charge on any atom is 0.188 e. The third-order valence-electron chi connectivity index (χ3n) is 2.93. The van der Waals surface area contributed by atoms with Gasteiger partial charge in [-0.15, -0.1) is 22.0 Å². The monoisotopic (exact) mass is 293 g/mol. The van der Waals surface area contributed by atoms with Gasteiger partial charge in [0, 0.05) is 11.4 Å². The SMILES string of the molecule is CSc1cc2c(cc1CNCc1nn[nH]n1)OCCO2. The second kappa shape index (κ2) is 6.10. The molecule has 1 aromatic carbocycles. The third-order valence-corrected chi connectivity index (χ3v) is 3.75. The highest BCUT2D eigenvalue weighted by Crippen LogP contribution is 2.36. The fourth-order valence-electron chi connectivity index (χ4n) is 2.01. The highest BCUT2D eigenvalue weighted by molar-refractivity contribution is 7.98. The van der Waals surface area contributed by atoms with E-state index in [-0.39, 0.29) is 0 Å². The van der Waals surface area contributed by atoms with Crippen molar-refractivity contribution >= 4 is 11.8 Å². The predicted octanol–water partition coefficient (Wildman–Crippen LogP) is 0.983. The summed E-state index contributed by atoms with van der Waals surface area (Å²) in [7, 11) is 0. The van der Waals surface area contributed by atoms with Crippen LogP contribution in [0.4, 0.5) is 0 Å². The van der Waals surface area contributed by atoms with Gasteiger partial charge in [-0.3, -0.25) is 0 Å². The molecule has 1 aliphatic rings. The number of nitrogens with zero attached hydrogens (tertiary/aromatic N) is 3. The summed E-state index contributed by atoms with van der Waals surface area (Å²) in [5.41, 5.74) is 1.17. The average molecular weight is 293 g/mol. The maximum atomic E-state index is 5.61. The lowest BCUT2D eigenvalue weighted by Gasteiger charge is -2.20. The van der Waals surface area contributed by atoms with Crippen LogP contribution in [-0.4, -0.2) is 40.1 Å². The number of H-pyrrole nitrogens is 1. The molecule has 0 radical (unpaired) electrons.